The van der Waals surface area contributed by atoms with Crippen molar-refractivity contribution < 1.29 is 13.5 Å². The van der Waals surface area contributed by atoms with Crippen LogP contribution in [0, 0.1) is 0 Å². The molecule has 1 saturated heterocycles. The smallest absolute Gasteiger partial charge is 0.244 e. The van der Waals surface area contributed by atoms with Crippen molar-refractivity contribution >= 4 is 20.9 Å². The molecule has 1 atom stereocenters. The maximum atomic E-state index is 13.3. The van der Waals surface area contributed by atoms with Gasteiger partial charge in [-0.1, -0.05) is 0 Å². The predicted molar refractivity (Wildman–Crippen MR) is 93.5 cm³/mol. The molecule has 1 aromatic carbocycles. The second kappa shape index (κ2) is 6.09. The summed E-state index contributed by atoms with van der Waals surface area (Å²) in [4.78, 5) is 8.30. The highest BCUT2D eigenvalue weighted by Crippen LogP contribution is 2.38. The molecule has 128 valence electrons. The summed E-state index contributed by atoms with van der Waals surface area (Å²) in [6.45, 7) is 0.470. The molecule has 0 saturated carbocycles. The van der Waals surface area contributed by atoms with E-state index in [2.05, 4.69) is 9.97 Å². The standard InChI is InChI=1S/C18H17N3O3S/c22-16-5-6-17(14-3-1-9-20-18(14)16)25(23,24)21-12-2-4-15(21)13-7-10-19-11-8-13/h1,3,5-11,15,22H,2,4,12H2. The number of phenolic OH excluding ortho intramolecular Hbond substituents is 1. The van der Waals surface area contributed by atoms with Crippen molar-refractivity contribution in [3.8, 4) is 5.75 Å². The molecule has 1 aliphatic rings. The number of fused-ring (bicyclic) bond motifs is 1. The molecule has 1 fully saturated rings. The van der Waals surface area contributed by atoms with Crippen molar-refractivity contribution in [2.45, 2.75) is 23.8 Å². The first-order valence-corrected chi connectivity index (χ1v) is 9.51. The molecular formula is C18H17N3O3S. The first kappa shape index (κ1) is 16.0. The number of aromatic nitrogens is 2. The van der Waals surface area contributed by atoms with Crippen LogP contribution in [0.5, 0.6) is 5.75 Å². The Morgan fingerprint density at radius 1 is 1.08 bits per heavy atom. The molecule has 7 heteroatoms. The molecule has 1 aliphatic heterocycles. The predicted octanol–water partition coefficient (Wildman–Crippen LogP) is 2.86. The van der Waals surface area contributed by atoms with Gasteiger partial charge < -0.3 is 5.11 Å². The number of sulfonamides is 1. The fraction of sp³-hybridized carbons (Fsp3) is 0.222. The van der Waals surface area contributed by atoms with E-state index < -0.39 is 10.0 Å². The van der Waals surface area contributed by atoms with Crippen molar-refractivity contribution in [2.24, 2.45) is 0 Å². The molecule has 0 spiro atoms. The number of aromatic hydroxyl groups is 1. The summed E-state index contributed by atoms with van der Waals surface area (Å²) in [6, 6.07) is 9.70. The van der Waals surface area contributed by atoms with Gasteiger partial charge >= 0.3 is 0 Å². The van der Waals surface area contributed by atoms with E-state index in [9.17, 15) is 13.5 Å². The number of hydrogen-bond donors (Lipinski definition) is 1. The summed E-state index contributed by atoms with van der Waals surface area (Å²) in [5, 5.41) is 10.4. The zero-order valence-electron chi connectivity index (χ0n) is 13.4. The van der Waals surface area contributed by atoms with E-state index in [1.54, 1.807) is 28.8 Å². The highest BCUT2D eigenvalue weighted by molar-refractivity contribution is 7.89. The summed E-state index contributed by atoms with van der Waals surface area (Å²) < 4.78 is 28.2. The highest BCUT2D eigenvalue weighted by Gasteiger charge is 2.37. The van der Waals surface area contributed by atoms with Crippen LogP contribution in [-0.2, 0) is 10.0 Å². The van der Waals surface area contributed by atoms with Crippen LogP contribution in [0.2, 0.25) is 0 Å². The summed E-state index contributed by atoms with van der Waals surface area (Å²) >= 11 is 0. The minimum absolute atomic E-state index is 0.0262. The molecular weight excluding hydrogens is 338 g/mol. The largest absolute Gasteiger partial charge is 0.506 e. The average molecular weight is 355 g/mol. The van der Waals surface area contributed by atoms with Crippen LogP contribution >= 0.6 is 0 Å². The maximum Gasteiger partial charge on any atom is 0.244 e. The minimum atomic E-state index is -3.72. The first-order valence-electron chi connectivity index (χ1n) is 8.07. The Bertz CT molecular complexity index is 1020. The number of nitrogens with zero attached hydrogens (tertiary/aromatic N) is 3. The number of phenols is 1. The number of rotatable bonds is 3. The first-order chi connectivity index (χ1) is 12.1. The Morgan fingerprint density at radius 3 is 2.68 bits per heavy atom. The monoisotopic (exact) mass is 355 g/mol. The molecule has 1 N–H and O–H groups in total. The van der Waals surface area contributed by atoms with Crippen LogP contribution in [0.1, 0.15) is 24.4 Å². The van der Waals surface area contributed by atoms with E-state index in [-0.39, 0.29) is 16.7 Å². The van der Waals surface area contributed by atoms with Gasteiger partial charge in [-0.2, -0.15) is 4.31 Å². The van der Waals surface area contributed by atoms with Crippen molar-refractivity contribution in [1.29, 1.82) is 0 Å². The van der Waals surface area contributed by atoms with Gasteiger partial charge in [0.05, 0.1) is 10.9 Å². The topological polar surface area (TPSA) is 83.4 Å². The summed E-state index contributed by atoms with van der Waals surface area (Å²) in [7, 11) is -3.72. The van der Waals surface area contributed by atoms with Gasteiger partial charge in [0.25, 0.3) is 0 Å². The third kappa shape index (κ3) is 2.65. The fourth-order valence-corrected chi connectivity index (χ4v) is 5.30. The normalized spacial score (nSPS) is 18.6. The Hall–Kier alpha value is -2.51. The molecule has 0 bridgehead atoms. The van der Waals surface area contributed by atoms with Crippen LogP contribution in [0.3, 0.4) is 0 Å². The van der Waals surface area contributed by atoms with E-state index in [0.29, 0.717) is 17.4 Å². The Balaban J connectivity index is 1.84. The van der Waals surface area contributed by atoms with Gasteiger partial charge in [-0.05, 0) is 54.8 Å². The Morgan fingerprint density at radius 2 is 1.88 bits per heavy atom. The van der Waals surface area contributed by atoms with Crippen LogP contribution in [-0.4, -0.2) is 34.3 Å². The van der Waals surface area contributed by atoms with Crippen molar-refractivity contribution in [1.82, 2.24) is 14.3 Å². The lowest BCUT2D eigenvalue weighted by molar-refractivity contribution is 0.397. The van der Waals surface area contributed by atoms with Gasteiger partial charge in [0.15, 0.2) is 0 Å². The third-order valence-electron chi connectivity index (χ3n) is 4.59. The lowest BCUT2D eigenvalue weighted by atomic mass is 10.1. The molecule has 0 aliphatic carbocycles. The van der Waals surface area contributed by atoms with Crippen LogP contribution < -0.4 is 0 Å². The lowest BCUT2D eigenvalue weighted by Crippen LogP contribution is -2.30. The summed E-state index contributed by atoms with van der Waals surface area (Å²) in [5.74, 6) is -0.0262. The van der Waals surface area contributed by atoms with E-state index in [0.717, 1.165) is 18.4 Å². The molecule has 6 nitrogen and oxygen atoms in total. The Kier molecular flexibility index (Phi) is 3.89. The SMILES string of the molecule is O=S(=O)(c1ccc(O)c2ncccc12)N1CCCC1c1ccncc1. The number of pyridine rings is 2. The zero-order chi connectivity index (χ0) is 17.4. The second-order valence-corrected chi connectivity index (χ2v) is 7.90. The quantitative estimate of drug-likeness (QED) is 0.781. The molecule has 4 rings (SSSR count). The van der Waals surface area contributed by atoms with E-state index in [4.69, 9.17) is 0 Å². The zero-order valence-corrected chi connectivity index (χ0v) is 14.2. The van der Waals surface area contributed by atoms with Gasteiger partial charge in [-0.15, -0.1) is 0 Å². The molecule has 0 amide bonds. The van der Waals surface area contributed by atoms with Crippen LogP contribution in [0.25, 0.3) is 10.9 Å². The van der Waals surface area contributed by atoms with E-state index in [1.807, 2.05) is 12.1 Å². The van der Waals surface area contributed by atoms with Crippen molar-refractivity contribution in [2.75, 3.05) is 6.54 Å². The van der Waals surface area contributed by atoms with Crippen molar-refractivity contribution in [3.05, 3.63) is 60.6 Å². The molecule has 1 unspecified atom stereocenters. The molecule has 0 radical (unpaired) electrons. The average Bonchev–Trinajstić information content (AvgIpc) is 3.13. The number of benzene rings is 1. The summed E-state index contributed by atoms with van der Waals surface area (Å²) in [5.41, 5.74) is 1.24. The minimum Gasteiger partial charge on any atom is -0.506 e. The van der Waals surface area contributed by atoms with Crippen LogP contribution in [0.4, 0.5) is 0 Å². The van der Waals surface area contributed by atoms with Gasteiger partial charge in [-0.25, -0.2) is 8.42 Å². The highest BCUT2D eigenvalue weighted by atomic mass is 32.2. The van der Waals surface area contributed by atoms with Crippen molar-refractivity contribution in [3.63, 3.8) is 0 Å². The lowest BCUT2D eigenvalue weighted by Gasteiger charge is -2.25. The van der Waals surface area contributed by atoms with Gasteiger partial charge in [-0.3, -0.25) is 9.97 Å². The van der Waals surface area contributed by atoms with E-state index in [1.165, 1.54) is 18.3 Å². The molecule has 2 aromatic heterocycles. The fourth-order valence-electron chi connectivity index (χ4n) is 3.43. The van der Waals surface area contributed by atoms with Gasteiger partial charge in [0.2, 0.25) is 10.0 Å². The molecule has 3 aromatic rings. The second-order valence-electron chi connectivity index (χ2n) is 6.04. The van der Waals surface area contributed by atoms with Crippen LogP contribution in [0.15, 0.2) is 59.9 Å². The molecule has 3 heterocycles. The van der Waals surface area contributed by atoms with E-state index >= 15 is 0 Å². The van der Waals surface area contributed by atoms with Gasteiger partial charge in [0.1, 0.15) is 11.3 Å². The Labute approximate surface area is 145 Å². The summed E-state index contributed by atoms with van der Waals surface area (Å²) in [6.07, 6.45) is 6.47. The maximum absolute atomic E-state index is 13.3. The number of hydrogen-bond acceptors (Lipinski definition) is 5. The third-order valence-corrected chi connectivity index (χ3v) is 6.56. The molecule has 25 heavy (non-hydrogen) atoms. The van der Waals surface area contributed by atoms with Gasteiger partial charge in [0, 0.05) is 30.5 Å².